The quantitative estimate of drug-likeness (QED) is 0.0828. The largest absolute Gasteiger partial charge is 0.459 e. The van der Waals surface area contributed by atoms with Crippen molar-refractivity contribution in [3.63, 3.8) is 0 Å². The van der Waals surface area contributed by atoms with Gasteiger partial charge in [-0.25, -0.2) is 0 Å². The van der Waals surface area contributed by atoms with E-state index in [9.17, 15) is 0 Å². The number of aromatic nitrogens is 8. The summed E-state index contributed by atoms with van der Waals surface area (Å²) < 4.78 is 16.0. The maximum Gasteiger partial charge on any atom is 0.322 e. The standard InChI is InChI=1S/C26H36N6O.C23H30N6O/c1-18(2)23-17-29-32-24(23)30-26(33-21-12-8-14-27-16-21)31-25(32)28-15-20-11-6-7-13-22(20)19-9-4-3-5-10-19;1-15(2)20-14-26-29-21(20)27-23(30-18-7-5-11-24-13-18)28-22(29)25-12-17-6-3-4-8-19(17)16-9-10-16/h6-7,11,13,17-19,21,27H,3-5,8-10,12,14-16H2,1-2H3,(H,28,30,31);3-4,6,8,14-16,18,24H,5,7,9-13H2,1-2H3,(H,25,27,28)/t21-;/m1./s1. The summed E-state index contributed by atoms with van der Waals surface area (Å²) in [5, 5.41) is 23.1. The molecule has 2 aliphatic carbocycles. The van der Waals surface area contributed by atoms with Crippen molar-refractivity contribution in [2.45, 2.75) is 147 Å². The smallest absolute Gasteiger partial charge is 0.322 e. The van der Waals surface area contributed by atoms with E-state index in [1.807, 2.05) is 16.9 Å². The molecule has 6 heterocycles. The van der Waals surface area contributed by atoms with E-state index >= 15 is 0 Å². The van der Waals surface area contributed by atoms with Crippen LogP contribution >= 0.6 is 0 Å². The number of rotatable bonds is 14. The normalized spacial score (nSPS) is 19.6. The first-order valence-corrected chi connectivity index (χ1v) is 23.8. The van der Waals surface area contributed by atoms with E-state index in [1.54, 1.807) is 4.52 Å². The zero-order valence-corrected chi connectivity index (χ0v) is 37.7. The molecular weight excluding hydrogens is 789 g/mol. The van der Waals surface area contributed by atoms with E-state index in [0.717, 1.165) is 74.3 Å². The lowest BCUT2D eigenvalue weighted by molar-refractivity contribution is 0.153. The van der Waals surface area contributed by atoms with Crippen LogP contribution in [0.4, 0.5) is 11.9 Å². The van der Waals surface area contributed by atoms with E-state index in [0.29, 0.717) is 60.7 Å². The molecule has 4 aromatic heterocycles. The predicted octanol–water partition coefficient (Wildman–Crippen LogP) is 8.91. The van der Waals surface area contributed by atoms with Gasteiger partial charge in [-0.15, -0.1) is 0 Å². The van der Waals surface area contributed by atoms with Crippen LogP contribution < -0.4 is 30.7 Å². The van der Waals surface area contributed by atoms with Crippen molar-refractivity contribution in [2.75, 3.05) is 36.8 Å². The molecule has 0 bridgehead atoms. The molecule has 2 aliphatic heterocycles. The van der Waals surface area contributed by atoms with Gasteiger partial charge >= 0.3 is 12.0 Å². The third-order valence-corrected chi connectivity index (χ3v) is 13.1. The first-order chi connectivity index (χ1) is 30.9. The van der Waals surface area contributed by atoms with Gasteiger partial charge in [-0.05, 0) is 110 Å². The Morgan fingerprint density at radius 1 is 0.571 bits per heavy atom. The molecule has 2 saturated heterocycles. The Morgan fingerprint density at radius 3 is 1.46 bits per heavy atom. The fraction of sp³-hybridized carbons (Fsp3) is 0.551. The Labute approximate surface area is 371 Å². The summed E-state index contributed by atoms with van der Waals surface area (Å²) in [6, 6.07) is 18.4. The summed E-state index contributed by atoms with van der Waals surface area (Å²) >= 11 is 0. The molecule has 2 aromatic carbocycles. The molecule has 4 fully saturated rings. The van der Waals surface area contributed by atoms with Gasteiger partial charge in [-0.2, -0.15) is 39.2 Å². The van der Waals surface area contributed by atoms with Crippen LogP contribution in [0, 0.1) is 0 Å². The first kappa shape index (κ1) is 42.9. The molecule has 2 saturated carbocycles. The minimum Gasteiger partial charge on any atom is -0.459 e. The SMILES string of the molecule is CC(C)c1cnn2c(NCc3ccccc3C3CC3)nc(OC3CCCNC3)nc12.CC(C)c1cnn2c(NCc3ccccc3C3CCCCC3)nc(O[C@@H]3CCCNC3)nc12. The summed E-state index contributed by atoms with van der Waals surface area (Å²) in [5.74, 6) is 3.38. The molecular formula is C49H66N12O2. The van der Waals surface area contributed by atoms with Gasteiger partial charge in [-0.1, -0.05) is 95.5 Å². The average molecular weight is 855 g/mol. The lowest BCUT2D eigenvalue weighted by atomic mass is 9.82. The molecule has 14 nitrogen and oxygen atoms in total. The van der Waals surface area contributed by atoms with Crippen LogP contribution in [-0.4, -0.2) is 77.6 Å². The Bertz CT molecular complexity index is 2420. The summed E-state index contributed by atoms with van der Waals surface area (Å²) in [5.41, 5.74) is 9.43. The van der Waals surface area contributed by atoms with Crippen LogP contribution in [-0.2, 0) is 13.1 Å². The number of fused-ring (bicyclic) bond motifs is 2. The fourth-order valence-corrected chi connectivity index (χ4v) is 9.38. The zero-order valence-electron chi connectivity index (χ0n) is 37.7. The molecule has 2 atom stereocenters. The molecule has 0 radical (unpaired) electrons. The Kier molecular flexibility index (Phi) is 13.6. The number of ether oxygens (including phenoxy) is 2. The maximum atomic E-state index is 6.21. The first-order valence-electron chi connectivity index (χ1n) is 23.8. The summed E-state index contributed by atoms with van der Waals surface area (Å²) in [7, 11) is 0. The lowest BCUT2D eigenvalue weighted by Gasteiger charge is -2.25. The highest BCUT2D eigenvalue weighted by atomic mass is 16.5. The van der Waals surface area contributed by atoms with Crippen molar-refractivity contribution in [1.29, 1.82) is 0 Å². The molecule has 0 amide bonds. The second-order valence-corrected chi connectivity index (χ2v) is 18.5. The van der Waals surface area contributed by atoms with Crippen LogP contribution in [0.5, 0.6) is 12.0 Å². The van der Waals surface area contributed by atoms with E-state index in [1.165, 1.54) is 67.2 Å². The van der Waals surface area contributed by atoms with Gasteiger partial charge in [0.25, 0.3) is 0 Å². The Hall–Kier alpha value is -5.34. The van der Waals surface area contributed by atoms with Gasteiger partial charge in [0.1, 0.15) is 12.2 Å². The number of anilines is 2. The fourth-order valence-electron chi connectivity index (χ4n) is 9.38. The number of nitrogens with one attached hydrogen (secondary N) is 4. The molecule has 334 valence electrons. The van der Waals surface area contributed by atoms with Crippen molar-refractivity contribution in [2.24, 2.45) is 0 Å². The van der Waals surface area contributed by atoms with Crippen LogP contribution in [0.15, 0.2) is 60.9 Å². The molecule has 63 heavy (non-hydrogen) atoms. The summed E-state index contributed by atoms with van der Waals surface area (Å²) in [4.78, 5) is 18.9. The Balaban J connectivity index is 0.000000161. The van der Waals surface area contributed by atoms with Crippen LogP contribution in [0.3, 0.4) is 0 Å². The van der Waals surface area contributed by atoms with Crippen molar-refractivity contribution in [1.82, 2.24) is 49.8 Å². The van der Waals surface area contributed by atoms with Crippen molar-refractivity contribution in [3.05, 3.63) is 94.3 Å². The minimum absolute atomic E-state index is 0.103. The molecule has 14 heteroatoms. The van der Waals surface area contributed by atoms with E-state index in [4.69, 9.17) is 29.4 Å². The third-order valence-electron chi connectivity index (χ3n) is 13.1. The number of hydrogen-bond acceptors (Lipinski definition) is 12. The van der Waals surface area contributed by atoms with E-state index in [2.05, 4.69) is 108 Å². The number of piperidine rings is 2. The third kappa shape index (κ3) is 10.4. The molecule has 1 unspecified atom stereocenters. The van der Waals surface area contributed by atoms with E-state index < -0.39 is 0 Å². The van der Waals surface area contributed by atoms with Crippen LogP contribution in [0.2, 0.25) is 0 Å². The molecule has 4 aliphatic rings. The zero-order chi connectivity index (χ0) is 43.1. The molecule has 4 N–H and O–H groups in total. The summed E-state index contributed by atoms with van der Waals surface area (Å²) in [6.45, 7) is 13.8. The van der Waals surface area contributed by atoms with Crippen molar-refractivity contribution >= 4 is 23.2 Å². The van der Waals surface area contributed by atoms with Gasteiger partial charge in [0.15, 0.2) is 11.3 Å². The van der Waals surface area contributed by atoms with Gasteiger partial charge in [0.2, 0.25) is 11.9 Å². The van der Waals surface area contributed by atoms with Gasteiger partial charge < -0.3 is 30.7 Å². The highest BCUT2D eigenvalue weighted by Crippen LogP contribution is 2.42. The highest BCUT2D eigenvalue weighted by molar-refractivity contribution is 5.54. The van der Waals surface area contributed by atoms with Crippen molar-refractivity contribution < 1.29 is 9.47 Å². The monoisotopic (exact) mass is 855 g/mol. The van der Waals surface area contributed by atoms with Crippen LogP contribution in [0.25, 0.3) is 11.3 Å². The van der Waals surface area contributed by atoms with Crippen molar-refractivity contribution in [3.8, 4) is 12.0 Å². The van der Waals surface area contributed by atoms with E-state index in [-0.39, 0.29) is 12.2 Å². The molecule has 6 aromatic rings. The number of hydrogen-bond donors (Lipinski definition) is 4. The second-order valence-electron chi connectivity index (χ2n) is 18.5. The van der Waals surface area contributed by atoms with Crippen LogP contribution in [0.1, 0.15) is 155 Å². The van der Waals surface area contributed by atoms with Gasteiger partial charge in [-0.3, -0.25) is 0 Å². The predicted molar refractivity (Wildman–Crippen MR) is 248 cm³/mol. The lowest BCUT2D eigenvalue weighted by Crippen LogP contribution is -2.37. The van der Waals surface area contributed by atoms with Gasteiger partial charge in [0, 0.05) is 37.3 Å². The maximum absolute atomic E-state index is 6.21. The average Bonchev–Trinajstić information content (AvgIpc) is 3.92. The number of benzene rings is 2. The topological polar surface area (TPSA) is 153 Å². The highest BCUT2D eigenvalue weighted by Gasteiger charge is 2.27. The molecule has 10 rings (SSSR count). The minimum atomic E-state index is 0.103. The number of nitrogens with zero attached hydrogens (tertiary/aromatic N) is 8. The Morgan fingerprint density at radius 2 is 1.03 bits per heavy atom. The van der Waals surface area contributed by atoms with Gasteiger partial charge in [0.05, 0.1) is 12.4 Å². The second kappa shape index (κ2) is 20.0. The summed E-state index contributed by atoms with van der Waals surface area (Å²) in [6.07, 6.45) is 17.5. The molecule has 0 spiro atoms.